The number of methoxy groups -OCH3 is 2. The Hall–Kier alpha value is -1.02. The van der Waals surface area contributed by atoms with Gasteiger partial charge in [-0.05, 0) is 25.7 Å². The van der Waals surface area contributed by atoms with Crippen molar-refractivity contribution in [1.29, 1.82) is 0 Å². The summed E-state index contributed by atoms with van der Waals surface area (Å²) in [5.41, 5.74) is 0. The number of carbonyl (C=O) groups excluding carboxylic acids is 2. The van der Waals surface area contributed by atoms with Gasteiger partial charge in [0.15, 0.2) is 0 Å². The normalized spacial score (nSPS) is 8.66. The van der Waals surface area contributed by atoms with Crippen molar-refractivity contribution in [3.05, 3.63) is 0 Å². The van der Waals surface area contributed by atoms with E-state index in [2.05, 4.69) is 0 Å². The molecule has 0 amide bonds. The van der Waals surface area contributed by atoms with Crippen LogP contribution in [0.3, 0.4) is 0 Å². The Morgan fingerprint density at radius 3 is 1.90 bits per heavy atom. The Balaban J connectivity index is -0.0000000958. The molecule has 1 N–H and O–H groups in total. The van der Waals surface area contributed by atoms with Crippen molar-refractivity contribution in [2.24, 2.45) is 0 Å². The molecule has 0 heterocycles. The van der Waals surface area contributed by atoms with Crippen LogP contribution >= 0.6 is 0 Å². The highest BCUT2D eigenvalue weighted by Gasteiger charge is 2.02. The third-order valence-electron chi connectivity index (χ3n) is 3.13. The SMILES string of the molecule is C.C.C.C.COCCCCCC(=O)OCCOCCOC.O=CCCCCCO. The van der Waals surface area contributed by atoms with E-state index in [4.69, 9.17) is 24.1 Å². The van der Waals surface area contributed by atoms with Crippen molar-refractivity contribution in [2.75, 3.05) is 53.9 Å². The number of ether oxygens (including phenoxy) is 4. The molecule has 7 nitrogen and oxygen atoms in total. The third-order valence-corrected chi connectivity index (χ3v) is 3.13. The summed E-state index contributed by atoms with van der Waals surface area (Å²) in [7, 11) is 3.30. The maximum Gasteiger partial charge on any atom is 0.305 e. The molecule has 0 aliphatic carbocycles. The van der Waals surface area contributed by atoms with Crippen LogP contribution in [0.25, 0.3) is 0 Å². The molecule has 29 heavy (non-hydrogen) atoms. The topological polar surface area (TPSA) is 91.3 Å². The molecule has 182 valence electrons. The number of rotatable bonds is 17. The van der Waals surface area contributed by atoms with Gasteiger partial charge >= 0.3 is 5.97 Å². The summed E-state index contributed by atoms with van der Waals surface area (Å²) in [4.78, 5) is 20.9. The molecular formula is C22H52O7. The number of esters is 1. The fourth-order valence-electron chi connectivity index (χ4n) is 1.74. The smallest absolute Gasteiger partial charge is 0.305 e. The first kappa shape index (κ1) is 42.2. The van der Waals surface area contributed by atoms with Crippen molar-refractivity contribution in [3.8, 4) is 0 Å². The minimum Gasteiger partial charge on any atom is -0.463 e. The molecule has 7 heteroatoms. The van der Waals surface area contributed by atoms with Crippen LogP contribution in [0.1, 0.15) is 81.1 Å². The largest absolute Gasteiger partial charge is 0.463 e. The molecule has 0 aromatic carbocycles. The van der Waals surface area contributed by atoms with Gasteiger partial charge in [0.25, 0.3) is 0 Å². The summed E-state index contributed by atoms with van der Waals surface area (Å²) in [5, 5.41) is 8.28. The van der Waals surface area contributed by atoms with Gasteiger partial charge in [-0.15, -0.1) is 0 Å². The Morgan fingerprint density at radius 1 is 0.759 bits per heavy atom. The van der Waals surface area contributed by atoms with Crippen LogP contribution in [0, 0.1) is 0 Å². The van der Waals surface area contributed by atoms with Crippen LogP contribution in [0.4, 0.5) is 0 Å². The second-order valence-electron chi connectivity index (χ2n) is 5.37. The van der Waals surface area contributed by atoms with E-state index < -0.39 is 0 Å². The van der Waals surface area contributed by atoms with Gasteiger partial charge in [-0.1, -0.05) is 42.5 Å². The van der Waals surface area contributed by atoms with Gasteiger partial charge < -0.3 is 28.8 Å². The molecular weight excluding hydrogens is 376 g/mol. The second-order valence-corrected chi connectivity index (χ2v) is 5.37. The van der Waals surface area contributed by atoms with Crippen molar-refractivity contribution in [2.45, 2.75) is 81.1 Å². The predicted octanol–water partition coefficient (Wildman–Crippen LogP) is 4.68. The summed E-state index contributed by atoms with van der Waals surface area (Å²) in [6, 6.07) is 0. The zero-order valence-corrected chi connectivity index (χ0v) is 15.9. The molecule has 0 rings (SSSR count). The van der Waals surface area contributed by atoms with Gasteiger partial charge in [0.2, 0.25) is 0 Å². The quantitative estimate of drug-likeness (QED) is 0.204. The molecule has 0 aromatic heterocycles. The maximum atomic E-state index is 11.2. The number of carbonyl (C=O) groups is 2. The lowest BCUT2D eigenvalue weighted by molar-refractivity contribution is -0.145. The van der Waals surface area contributed by atoms with E-state index in [1.807, 2.05) is 0 Å². The molecule has 0 saturated carbocycles. The Labute approximate surface area is 181 Å². The van der Waals surface area contributed by atoms with E-state index in [9.17, 15) is 9.59 Å². The predicted molar refractivity (Wildman–Crippen MR) is 123 cm³/mol. The van der Waals surface area contributed by atoms with Gasteiger partial charge in [-0.3, -0.25) is 4.79 Å². The molecule has 0 fully saturated rings. The van der Waals surface area contributed by atoms with E-state index in [1.165, 1.54) is 0 Å². The molecule has 0 atom stereocenters. The van der Waals surface area contributed by atoms with Crippen molar-refractivity contribution in [3.63, 3.8) is 0 Å². The molecule has 0 unspecified atom stereocenters. The highest BCUT2D eigenvalue weighted by Crippen LogP contribution is 2.01. The average molecular weight is 429 g/mol. The molecule has 0 aromatic rings. The summed E-state index contributed by atoms with van der Waals surface area (Å²) < 4.78 is 19.9. The average Bonchev–Trinajstić information content (AvgIpc) is 2.62. The highest BCUT2D eigenvalue weighted by molar-refractivity contribution is 5.69. The Bertz CT molecular complexity index is 274. The number of hydrogen-bond donors (Lipinski definition) is 1. The lowest BCUT2D eigenvalue weighted by Crippen LogP contribution is -2.12. The van der Waals surface area contributed by atoms with Gasteiger partial charge in [0.05, 0.1) is 19.8 Å². The van der Waals surface area contributed by atoms with Crippen LogP contribution in [0.15, 0.2) is 0 Å². The molecule has 0 aliphatic heterocycles. The molecule has 0 radical (unpaired) electrons. The summed E-state index contributed by atoms with van der Waals surface area (Å²) in [6.07, 6.45) is 7.58. The van der Waals surface area contributed by atoms with E-state index in [0.29, 0.717) is 39.3 Å². The number of aldehydes is 1. The van der Waals surface area contributed by atoms with Crippen LogP contribution in [0.5, 0.6) is 0 Å². The third kappa shape index (κ3) is 46.7. The van der Waals surface area contributed by atoms with Gasteiger partial charge in [-0.25, -0.2) is 0 Å². The van der Waals surface area contributed by atoms with Gasteiger partial charge in [0, 0.05) is 40.3 Å². The maximum absolute atomic E-state index is 11.2. The van der Waals surface area contributed by atoms with Crippen molar-refractivity contribution in [1.82, 2.24) is 0 Å². The summed E-state index contributed by atoms with van der Waals surface area (Å²) in [5.74, 6) is -0.155. The van der Waals surface area contributed by atoms with Crippen molar-refractivity contribution < 1.29 is 33.6 Å². The second kappa shape index (κ2) is 41.4. The zero-order chi connectivity index (χ0) is 19.0. The molecule has 0 saturated heterocycles. The number of unbranched alkanes of at least 4 members (excludes halogenated alkanes) is 5. The van der Waals surface area contributed by atoms with Crippen LogP contribution in [-0.2, 0) is 28.5 Å². The Kier molecular flexibility index (Phi) is 60.1. The minimum atomic E-state index is -0.155. The monoisotopic (exact) mass is 428 g/mol. The van der Waals surface area contributed by atoms with Crippen molar-refractivity contribution >= 4 is 12.3 Å². The lowest BCUT2D eigenvalue weighted by Gasteiger charge is -2.05. The first-order valence-corrected chi connectivity index (χ1v) is 8.98. The van der Waals surface area contributed by atoms with Crippen LogP contribution < -0.4 is 0 Å². The van der Waals surface area contributed by atoms with E-state index in [0.717, 1.165) is 51.4 Å². The summed E-state index contributed by atoms with van der Waals surface area (Å²) in [6.45, 7) is 2.85. The molecule has 0 spiro atoms. The fourth-order valence-corrected chi connectivity index (χ4v) is 1.74. The summed E-state index contributed by atoms with van der Waals surface area (Å²) >= 11 is 0. The van der Waals surface area contributed by atoms with E-state index in [1.54, 1.807) is 14.2 Å². The fraction of sp³-hybridized carbons (Fsp3) is 0.909. The number of aliphatic hydroxyl groups is 1. The first-order chi connectivity index (χ1) is 12.2. The zero-order valence-electron chi connectivity index (χ0n) is 15.9. The standard InChI is InChI=1S/C12H24O5.C6H12O2.4CH4/c1-14-7-5-3-4-6-12(13)17-11-10-16-9-8-15-2;7-5-3-1-2-4-6-8;;;;/h3-11H2,1-2H3;5,8H,1-4,6H2;4*1H4. The van der Waals surface area contributed by atoms with E-state index in [-0.39, 0.29) is 42.3 Å². The van der Waals surface area contributed by atoms with Gasteiger partial charge in [-0.2, -0.15) is 0 Å². The van der Waals surface area contributed by atoms with E-state index >= 15 is 0 Å². The van der Waals surface area contributed by atoms with Crippen LogP contribution in [0.2, 0.25) is 0 Å². The highest BCUT2D eigenvalue weighted by atomic mass is 16.6. The first-order valence-electron chi connectivity index (χ1n) is 8.98. The number of aliphatic hydroxyl groups excluding tert-OH is 1. The van der Waals surface area contributed by atoms with Crippen LogP contribution in [-0.4, -0.2) is 71.2 Å². The molecule has 0 aliphatic rings. The number of hydrogen-bond acceptors (Lipinski definition) is 7. The molecule has 0 bridgehead atoms. The minimum absolute atomic E-state index is 0. The Morgan fingerprint density at radius 2 is 1.34 bits per heavy atom. The lowest BCUT2D eigenvalue weighted by atomic mass is 10.2. The van der Waals surface area contributed by atoms with Gasteiger partial charge in [0.1, 0.15) is 12.9 Å².